The van der Waals surface area contributed by atoms with E-state index in [9.17, 15) is 9.18 Å². The summed E-state index contributed by atoms with van der Waals surface area (Å²) in [7, 11) is 0. The Bertz CT molecular complexity index is 464. The van der Waals surface area contributed by atoms with Crippen molar-refractivity contribution in [3.05, 3.63) is 33.0 Å². The number of nitrogens with one attached hydrogen (secondary N) is 1. The van der Waals surface area contributed by atoms with Gasteiger partial charge in [0, 0.05) is 23.7 Å². The second kappa shape index (κ2) is 5.99. The van der Waals surface area contributed by atoms with Crippen LogP contribution < -0.4 is 5.32 Å². The molecule has 0 aliphatic carbocycles. The molecule has 0 spiro atoms. The van der Waals surface area contributed by atoms with E-state index in [1.807, 2.05) is 0 Å². The van der Waals surface area contributed by atoms with Gasteiger partial charge < -0.3 is 10.1 Å². The van der Waals surface area contributed by atoms with Crippen LogP contribution in [0.2, 0.25) is 5.02 Å². The number of hydrogen-bond acceptors (Lipinski definition) is 2. The molecule has 0 saturated carbocycles. The molecule has 1 amide bonds. The molecular weight excluding hydrogens is 324 g/mol. The summed E-state index contributed by atoms with van der Waals surface area (Å²) in [5, 5.41) is 3.05. The van der Waals surface area contributed by atoms with Crippen LogP contribution in [-0.4, -0.2) is 25.2 Å². The van der Waals surface area contributed by atoms with Gasteiger partial charge in [-0.15, -0.1) is 0 Å². The molecule has 0 aromatic heterocycles. The largest absolute Gasteiger partial charge is 0.381 e. The highest BCUT2D eigenvalue weighted by Gasteiger charge is 2.20. The summed E-state index contributed by atoms with van der Waals surface area (Å²) < 4.78 is 19.3. The lowest BCUT2D eigenvalue weighted by Gasteiger charge is -2.23. The minimum absolute atomic E-state index is 0.00207. The van der Waals surface area contributed by atoms with Crippen LogP contribution in [-0.2, 0) is 4.74 Å². The van der Waals surface area contributed by atoms with Crippen LogP contribution in [0.4, 0.5) is 4.39 Å². The second-order valence-electron chi connectivity index (χ2n) is 4.11. The average Bonchev–Trinajstić information content (AvgIpc) is 2.35. The van der Waals surface area contributed by atoms with Crippen molar-refractivity contribution in [3.8, 4) is 0 Å². The maximum absolute atomic E-state index is 13.6. The van der Waals surface area contributed by atoms with Gasteiger partial charge in [0.1, 0.15) is 5.82 Å². The van der Waals surface area contributed by atoms with Gasteiger partial charge in [-0.2, -0.15) is 0 Å². The fraction of sp³-hybridized carbons (Fsp3) is 0.417. The van der Waals surface area contributed by atoms with Crippen molar-refractivity contribution in [2.75, 3.05) is 13.2 Å². The van der Waals surface area contributed by atoms with Gasteiger partial charge in [-0.1, -0.05) is 11.6 Å². The van der Waals surface area contributed by atoms with Crippen LogP contribution in [0.15, 0.2) is 16.6 Å². The summed E-state index contributed by atoms with van der Waals surface area (Å²) in [5.74, 6) is -1.04. The third-order valence-electron chi connectivity index (χ3n) is 2.81. The molecule has 3 nitrogen and oxygen atoms in total. The molecule has 0 radical (unpaired) electrons. The Hall–Kier alpha value is -0.650. The predicted octanol–water partition coefficient (Wildman–Crippen LogP) is 3.15. The average molecular weight is 337 g/mol. The molecule has 18 heavy (non-hydrogen) atoms. The smallest absolute Gasteiger partial charge is 0.254 e. The summed E-state index contributed by atoms with van der Waals surface area (Å²) in [5.41, 5.74) is -0.00207. The van der Waals surface area contributed by atoms with E-state index in [0.29, 0.717) is 17.7 Å². The number of carbonyl (C=O) groups excluding carboxylic acids is 1. The molecule has 98 valence electrons. The number of rotatable bonds is 2. The predicted molar refractivity (Wildman–Crippen MR) is 70.4 cm³/mol. The number of ether oxygens (including phenoxy) is 1. The molecule has 1 aromatic rings. The monoisotopic (exact) mass is 335 g/mol. The fourth-order valence-electron chi connectivity index (χ4n) is 1.80. The molecule has 1 aliphatic heterocycles. The minimum atomic E-state index is -0.618. The van der Waals surface area contributed by atoms with Gasteiger partial charge in [-0.25, -0.2) is 4.39 Å². The van der Waals surface area contributed by atoms with Gasteiger partial charge >= 0.3 is 0 Å². The zero-order chi connectivity index (χ0) is 13.1. The van der Waals surface area contributed by atoms with Crippen LogP contribution in [0.3, 0.4) is 0 Å². The van der Waals surface area contributed by atoms with Crippen molar-refractivity contribution in [2.24, 2.45) is 0 Å². The molecule has 1 N–H and O–H groups in total. The molecule has 6 heteroatoms. The van der Waals surface area contributed by atoms with Crippen molar-refractivity contribution >= 4 is 33.4 Å². The summed E-state index contributed by atoms with van der Waals surface area (Å²) in [6.07, 6.45) is 1.50. The Morgan fingerprint density at radius 2 is 2.11 bits per heavy atom. The molecule has 1 fully saturated rings. The van der Waals surface area contributed by atoms with E-state index >= 15 is 0 Å². The first-order valence-electron chi connectivity index (χ1n) is 5.61. The number of hydrogen-bond donors (Lipinski definition) is 1. The zero-order valence-electron chi connectivity index (χ0n) is 9.51. The molecular formula is C12H12BrClFNO2. The van der Waals surface area contributed by atoms with E-state index in [1.54, 1.807) is 0 Å². The lowest BCUT2D eigenvalue weighted by atomic mass is 10.1. The highest BCUT2D eigenvalue weighted by molar-refractivity contribution is 9.10. The first kappa shape index (κ1) is 13.8. The Morgan fingerprint density at radius 1 is 1.44 bits per heavy atom. The first-order valence-corrected chi connectivity index (χ1v) is 6.78. The Labute approximate surface area is 118 Å². The quantitative estimate of drug-likeness (QED) is 0.843. The van der Waals surface area contributed by atoms with E-state index in [4.69, 9.17) is 16.3 Å². The van der Waals surface area contributed by atoms with Crippen molar-refractivity contribution in [3.63, 3.8) is 0 Å². The van der Waals surface area contributed by atoms with Crippen molar-refractivity contribution in [2.45, 2.75) is 18.9 Å². The maximum atomic E-state index is 13.6. The third-order valence-corrected chi connectivity index (χ3v) is 4.01. The molecule has 1 saturated heterocycles. The third kappa shape index (κ3) is 3.22. The van der Waals surface area contributed by atoms with E-state index in [1.165, 1.54) is 6.07 Å². The van der Waals surface area contributed by atoms with Crippen LogP contribution >= 0.6 is 27.5 Å². The molecule has 0 unspecified atom stereocenters. The van der Waals surface area contributed by atoms with Crippen LogP contribution in [0, 0.1) is 5.82 Å². The SMILES string of the molecule is O=C(NC1CCOCC1)c1cc(Br)c(Cl)cc1F. The normalized spacial score (nSPS) is 16.6. The van der Waals surface area contributed by atoms with Crippen molar-refractivity contribution in [1.82, 2.24) is 5.32 Å². The number of benzene rings is 1. The minimum Gasteiger partial charge on any atom is -0.381 e. The lowest BCUT2D eigenvalue weighted by Crippen LogP contribution is -2.39. The van der Waals surface area contributed by atoms with Gasteiger partial charge in [-0.3, -0.25) is 4.79 Å². The highest BCUT2D eigenvalue weighted by atomic mass is 79.9. The molecule has 1 aliphatic rings. The van der Waals surface area contributed by atoms with E-state index in [-0.39, 0.29) is 16.6 Å². The van der Waals surface area contributed by atoms with Crippen molar-refractivity contribution < 1.29 is 13.9 Å². The lowest BCUT2D eigenvalue weighted by molar-refractivity contribution is 0.0694. The molecule has 2 rings (SSSR count). The summed E-state index contributed by atoms with van der Waals surface area (Å²) in [6.45, 7) is 1.25. The number of halogens is 3. The summed E-state index contributed by atoms with van der Waals surface area (Å²) in [4.78, 5) is 11.9. The van der Waals surface area contributed by atoms with Gasteiger partial charge in [0.15, 0.2) is 0 Å². The first-order chi connectivity index (χ1) is 8.58. The van der Waals surface area contributed by atoms with Gasteiger partial charge in [0.05, 0.1) is 10.6 Å². The Kier molecular flexibility index (Phi) is 4.59. The van der Waals surface area contributed by atoms with E-state index in [2.05, 4.69) is 21.2 Å². The molecule has 1 aromatic carbocycles. The van der Waals surface area contributed by atoms with Gasteiger partial charge in [-0.05, 0) is 40.9 Å². The standard InChI is InChI=1S/C12H12BrClFNO2/c13-9-5-8(11(15)6-10(9)14)12(17)16-7-1-3-18-4-2-7/h5-7H,1-4H2,(H,16,17). The van der Waals surface area contributed by atoms with Gasteiger partial charge in [0.2, 0.25) is 0 Å². The zero-order valence-corrected chi connectivity index (χ0v) is 11.9. The molecule has 0 bridgehead atoms. The number of carbonyl (C=O) groups is 1. The number of amides is 1. The second-order valence-corrected chi connectivity index (χ2v) is 5.37. The van der Waals surface area contributed by atoms with Gasteiger partial charge in [0.25, 0.3) is 5.91 Å². The summed E-state index contributed by atoms with van der Waals surface area (Å²) in [6, 6.07) is 2.57. The molecule has 0 atom stereocenters. The van der Waals surface area contributed by atoms with Crippen LogP contribution in [0.5, 0.6) is 0 Å². The Balaban J connectivity index is 2.10. The van der Waals surface area contributed by atoms with Crippen LogP contribution in [0.1, 0.15) is 23.2 Å². The molecule has 1 heterocycles. The topological polar surface area (TPSA) is 38.3 Å². The van der Waals surface area contributed by atoms with E-state index in [0.717, 1.165) is 18.9 Å². The van der Waals surface area contributed by atoms with E-state index < -0.39 is 11.7 Å². The maximum Gasteiger partial charge on any atom is 0.254 e. The fourth-order valence-corrected chi connectivity index (χ4v) is 2.30. The highest BCUT2D eigenvalue weighted by Crippen LogP contribution is 2.25. The van der Waals surface area contributed by atoms with Crippen LogP contribution in [0.25, 0.3) is 0 Å². The summed E-state index contributed by atoms with van der Waals surface area (Å²) >= 11 is 8.92. The Morgan fingerprint density at radius 3 is 2.78 bits per heavy atom. The van der Waals surface area contributed by atoms with Crippen molar-refractivity contribution in [1.29, 1.82) is 0 Å².